The fourth-order valence-corrected chi connectivity index (χ4v) is 9.40. The SMILES string of the molecule is C1=CC2c3ccccc3OC2C(N(c2ccc(-c3ccccc3-n3c4ccccc4c4ccccc43)c(-c3ccccc3)c2)c2ccc3oc4ccccc4c3c2)=C1. The normalized spacial score (nSPS) is 15.8. The molecule has 3 heterocycles. The Bertz CT molecular complexity index is 3240. The van der Waals surface area contributed by atoms with E-state index in [1.807, 2.05) is 12.1 Å². The first-order valence-corrected chi connectivity index (χ1v) is 19.9. The van der Waals surface area contributed by atoms with Crippen LogP contribution in [0, 0.1) is 0 Å². The van der Waals surface area contributed by atoms with Crippen molar-refractivity contribution in [2.45, 2.75) is 12.0 Å². The van der Waals surface area contributed by atoms with Crippen molar-refractivity contribution >= 4 is 55.1 Å². The lowest BCUT2D eigenvalue weighted by atomic mass is 9.88. The quantitative estimate of drug-likeness (QED) is 0.170. The number of rotatable bonds is 6. The van der Waals surface area contributed by atoms with Crippen LogP contribution in [0.5, 0.6) is 5.75 Å². The first-order chi connectivity index (χ1) is 28.8. The molecule has 12 rings (SSSR count). The Morgan fingerprint density at radius 1 is 0.483 bits per heavy atom. The monoisotopic (exact) mass is 744 g/mol. The minimum absolute atomic E-state index is 0.100. The van der Waals surface area contributed by atoms with Gasteiger partial charge in [0.2, 0.25) is 0 Å². The largest absolute Gasteiger partial charge is 0.483 e. The van der Waals surface area contributed by atoms with Crippen LogP contribution in [0.25, 0.3) is 71.7 Å². The number of anilines is 2. The van der Waals surface area contributed by atoms with Crippen molar-refractivity contribution in [2.24, 2.45) is 0 Å². The van der Waals surface area contributed by atoms with Gasteiger partial charge in [0.15, 0.2) is 0 Å². The Kier molecular flexibility index (Phi) is 7.32. The molecule has 0 amide bonds. The molecule has 0 fully saturated rings. The average Bonchev–Trinajstić information content (AvgIpc) is 3.97. The third-order valence-electron chi connectivity index (χ3n) is 12.0. The minimum atomic E-state index is -0.199. The molecule has 2 aliphatic rings. The minimum Gasteiger partial charge on any atom is -0.483 e. The lowest BCUT2D eigenvalue weighted by molar-refractivity contribution is 0.253. The van der Waals surface area contributed by atoms with E-state index >= 15 is 0 Å². The predicted molar refractivity (Wildman–Crippen MR) is 238 cm³/mol. The van der Waals surface area contributed by atoms with Crippen molar-refractivity contribution in [1.29, 1.82) is 0 Å². The van der Waals surface area contributed by atoms with Crippen LogP contribution in [0.3, 0.4) is 0 Å². The highest BCUT2D eigenvalue weighted by molar-refractivity contribution is 6.10. The summed E-state index contributed by atoms with van der Waals surface area (Å²) in [6.45, 7) is 0. The maximum Gasteiger partial charge on any atom is 0.149 e. The predicted octanol–water partition coefficient (Wildman–Crippen LogP) is 14.2. The summed E-state index contributed by atoms with van der Waals surface area (Å²) >= 11 is 0. The molecule has 1 aliphatic carbocycles. The molecule has 4 nitrogen and oxygen atoms in total. The van der Waals surface area contributed by atoms with E-state index in [9.17, 15) is 0 Å². The van der Waals surface area contributed by atoms with Gasteiger partial charge in [-0.3, -0.25) is 0 Å². The fraction of sp³-hybridized carbons (Fsp3) is 0.0370. The average molecular weight is 745 g/mol. The third-order valence-corrected chi connectivity index (χ3v) is 12.0. The highest BCUT2D eigenvalue weighted by Crippen LogP contribution is 2.49. The zero-order valence-corrected chi connectivity index (χ0v) is 31.5. The van der Waals surface area contributed by atoms with E-state index in [1.165, 1.54) is 27.4 Å². The van der Waals surface area contributed by atoms with Gasteiger partial charge in [-0.2, -0.15) is 0 Å². The van der Waals surface area contributed by atoms with Crippen LogP contribution in [-0.2, 0) is 0 Å². The van der Waals surface area contributed by atoms with Crippen LogP contribution in [0.1, 0.15) is 11.5 Å². The van der Waals surface area contributed by atoms with Crippen molar-refractivity contribution in [1.82, 2.24) is 4.57 Å². The summed E-state index contributed by atoms with van der Waals surface area (Å²) < 4.78 is 15.6. The topological polar surface area (TPSA) is 30.5 Å². The number of aromatic nitrogens is 1. The van der Waals surface area contributed by atoms with E-state index in [1.54, 1.807) is 0 Å². The second-order valence-corrected chi connectivity index (χ2v) is 15.2. The number of benzene rings is 8. The van der Waals surface area contributed by atoms with Crippen LogP contribution >= 0.6 is 0 Å². The van der Waals surface area contributed by atoms with E-state index < -0.39 is 0 Å². The molecule has 10 aromatic rings. The van der Waals surface area contributed by atoms with Gasteiger partial charge in [-0.05, 0) is 83.4 Å². The van der Waals surface area contributed by atoms with Gasteiger partial charge in [-0.25, -0.2) is 0 Å². The summed E-state index contributed by atoms with van der Waals surface area (Å²) in [5.74, 6) is 1.04. The van der Waals surface area contributed by atoms with Crippen molar-refractivity contribution < 1.29 is 9.15 Å². The van der Waals surface area contributed by atoms with Crippen molar-refractivity contribution in [2.75, 3.05) is 4.90 Å². The Labute approximate surface area is 335 Å². The zero-order chi connectivity index (χ0) is 38.2. The summed E-state index contributed by atoms with van der Waals surface area (Å²) in [5, 5.41) is 4.67. The van der Waals surface area contributed by atoms with E-state index in [4.69, 9.17) is 9.15 Å². The Balaban J connectivity index is 1.09. The molecule has 2 aromatic heterocycles. The van der Waals surface area contributed by atoms with E-state index in [-0.39, 0.29) is 12.0 Å². The van der Waals surface area contributed by atoms with Crippen molar-refractivity contribution in [3.63, 3.8) is 0 Å². The molecule has 0 radical (unpaired) electrons. The van der Waals surface area contributed by atoms with Gasteiger partial charge in [0, 0.05) is 50.0 Å². The maximum atomic E-state index is 6.84. The lowest BCUT2D eigenvalue weighted by Gasteiger charge is -2.34. The highest BCUT2D eigenvalue weighted by atomic mass is 16.5. The molecule has 2 atom stereocenters. The number of nitrogens with zero attached hydrogens (tertiary/aromatic N) is 2. The fourth-order valence-electron chi connectivity index (χ4n) is 9.40. The molecule has 58 heavy (non-hydrogen) atoms. The molecule has 2 unspecified atom stereocenters. The van der Waals surface area contributed by atoms with Crippen molar-refractivity contribution in [3.05, 3.63) is 218 Å². The summed E-state index contributed by atoms with van der Waals surface area (Å²) in [7, 11) is 0. The molecule has 0 saturated heterocycles. The number of hydrogen-bond acceptors (Lipinski definition) is 3. The lowest BCUT2D eigenvalue weighted by Crippen LogP contribution is -2.32. The van der Waals surface area contributed by atoms with Crippen LogP contribution in [0.15, 0.2) is 216 Å². The second kappa shape index (κ2) is 13.0. The Morgan fingerprint density at radius 3 is 1.98 bits per heavy atom. The molecule has 4 heteroatoms. The standard InChI is InChI=1S/C54H36N2O2/c1-2-15-35(16-3-1)45-33-36(29-31-38(45)39-17-4-9-23-47(39)56-48-24-10-5-18-40(48)41-19-6-11-25-49(41)56)55(37-30-32-53-46(34-37)43-21-8-12-27-51(43)57-53)50-26-14-22-44-42-20-7-13-28-52(42)58-54(44)50/h1-34,44,54H. The molecule has 0 bridgehead atoms. The summed E-state index contributed by atoms with van der Waals surface area (Å²) in [6.07, 6.45) is 6.48. The first kappa shape index (κ1) is 32.7. The molecule has 0 spiro atoms. The van der Waals surface area contributed by atoms with Gasteiger partial charge in [0.05, 0.1) is 22.4 Å². The van der Waals surface area contributed by atoms with Crippen LogP contribution < -0.4 is 9.64 Å². The van der Waals surface area contributed by atoms with Gasteiger partial charge in [0.1, 0.15) is 23.0 Å². The number of para-hydroxylation sites is 5. The third kappa shape index (κ3) is 5.01. The van der Waals surface area contributed by atoms with Gasteiger partial charge in [-0.15, -0.1) is 0 Å². The van der Waals surface area contributed by atoms with Gasteiger partial charge >= 0.3 is 0 Å². The molecule has 0 N–H and O–H groups in total. The number of ether oxygens (including phenoxy) is 1. The molecule has 0 saturated carbocycles. The molecule has 8 aromatic carbocycles. The summed E-state index contributed by atoms with van der Waals surface area (Å²) in [4.78, 5) is 2.39. The number of furan rings is 1. The molecular formula is C54H36N2O2. The first-order valence-electron chi connectivity index (χ1n) is 19.9. The number of hydrogen-bond donors (Lipinski definition) is 0. The summed E-state index contributed by atoms with van der Waals surface area (Å²) in [6, 6.07) is 67.3. The van der Waals surface area contributed by atoms with Gasteiger partial charge < -0.3 is 18.6 Å². The van der Waals surface area contributed by atoms with Gasteiger partial charge in [0.25, 0.3) is 0 Å². The van der Waals surface area contributed by atoms with Crippen LogP contribution in [0.4, 0.5) is 11.4 Å². The number of allylic oxidation sites excluding steroid dienone is 2. The number of fused-ring (bicyclic) bond motifs is 9. The zero-order valence-electron chi connectivity index (χ0n) is 31.5. The van der Waals surface area contributed by atoms with E-state index in [2.05, 4.69) is 204 Å². The van der Waals surface area contributed by atoms with Crippen LogP contribution in [0.2, 0.25) is 0 Å². The van der Waals surface area contributed by atoms with Gasteiger partial charge in [-0.1, -0.05) is 140 Å². The second-order valence-electron chi connectivity index (χ2n) is 15.2. The molecule has 274 valence electrons. The smallest absolute Gasteiger partial charge is 0.149 e. The van der Waals surface area contributed by atoms with Crippen LogP contribution in [-0.4, -0.2) is 10.7 Å². The summed E-state index contributed by atoms with van der Waals surface area (Å²) in [5.41, 5.74) is 14.2. The van der Waals surface area contributed by atoms with Crippen molar-refractivity contribution in [3.8, 4) is 33.7 Å². The Morgan fingerprint density at radius 2 is 1.14 bits per heavy atom. The Hall–Kier alpha value is -7.56. The molecular weight excluding hydrogens is 709 g/mol. The van der Waals surface area contributed by atoms with E-state index in [0.717, 1.165) is 72.7 Å². The maximum absolute atomic E-state index is 6.84. The van der Waals surface area contributed by atoms with E-state index in [0.29, 0.717) is 0 Å². The highest BCUT2D eigenvalue weighted by Gasteiger charge is 2.39. The molecule has 1 aliphatic heterocycles.